The summed E-state index contributed by atoms with van der Waals surface area (Å²) in [4.78, 5) is 5.53. The van der Waals surface area contributed by atoms with Gasteiger partial charge in [0.2, 0.25) is 0 Å². The highest BCUT2D eigenvalue weighted by atomic mass is 15.3. The van der Waals surface area contributed by atoms with Crippen LogP contribution in [0.3, 0.4) is 0 Å². The lowest BCUT2D eigenvalue weighted by Gasteiger charge is -2.47. The van der Waals surface area contributed by atoms with E-state index in [-0.39, 0.29) is 0 Å². The zero-order chi connectivity index (χ0) is 15.2. The van der Waals surface area contributed by atoms with E-state index in [9.17, 15) is 0 Å². The molecule has 0 aliphatic carbocycles. The second-order valence-corrected chi connectivity index (χ2v) is 7.57. The molecule has 2 saturated heterocycles. The van der Waals surface area contributed by atoms with Crippen molar-refractivity contribution in [2.75, 3.05) is 32.7 Å². The summed E-state index contributed by atoms with van der Waals surface area (Å²) >= 11 is 0. The number of nitrogens with zero attached hydrogens (tertiary/aromatic N) is 2. The standard InChI is InChI=1S/C18H37N3/c1-5-9-20-10-7-18(8-11-20)21-14-16(12-15(3)4)19-13-17(21)6-2/h15-19H,5-14H2,1-4H3. The molecule has 3 nitrogen and oxygen atoms in total. The van der Waals surface area contributed by atoms with Crippen molar-refractivity contribution in [1.82, 2.24) is 15.1 Å². The predicted octanol–water partition coefficient (Wildman–Crippen LogP) is 2.96. The molecule has 124 valence electrons. The van der Waals surface area contributed by atoms with Crippen LogP contribution in [-0.4, -0.2) is 60.6 Å². The predicted molar refractivity (Wildman–Crippen MR) is 91.8 cm³/mol. The van der Waals surface area contributed by atoms with Crippen molar-refractivity contribution in [3.05, 3.63) is 0 Å². The lowest BCUT2D eigenvalue weighted by Crippen LogP contribution is -2.61. The van der Waals surface area contributed by atoms with Gasteiger partial charge in [-0.3, -0.25) is 4.90 Å². The van der Waals surface area contributed by atoms with Crippen LogP contribution in [0, 0.1) is 5.92 Å². The van der Waals surface area contributed by atoms with Crippen molar-refractivity contribution in [3.63, 3.8) is 0 Å². The molecule has 0 spiro atoms. The zero-order valence-electron chi connectivity index (χ0n) is 14.8. The van der Waals surface area contributed by atoms with Gasteiger partial charge in [-0.2, -0.15) is 0 Å². The highest BCUT2D eigenvalue weighted by molar-refractivity contribution is 4.91. The minimum Gasteiger partial charge on any atom is -0.311 e. The Morgan fingerprint density at radius 2 is 1.86 bits per heavy atom. The number of piperazine rings is 1. The third-order valence-corrected chi connectivity index (χ3v) is 5.34. The fourth-order valence-corrected chi connectivity index (χ4v) is 4.23. The van der Waals surface area contributed by atoms with Gasteiger partial charge in [0.25, 0.3) is 0 Å². The van der Waals surface area contributed by atoms with Gasteiger partial charge in [0.1, 0.15) is 0 Å². The highest BCUT2D eigenvalue weighted by Gasteiger charge is 2.33. The Kier molecular flexibility index (Phi) is 6.97. The van der Waals surface area contributed by atoms with E-state index in [2.05, 4.69) is 42.8 Å². The van der Waals surface area contributed by atoms with Gasteiger partial charge in [0.15, 0.2) is 0 Å². The zero-order valence-corrected chi connectivity index (χ0v) is 14.8. The van der Waals surface area contributed by atoms with E-state index in [0.29, 0.717) is 6.04 Å². The number of piperidine rings is 1. The van der Waals surface area contributed by atoms with Crippen LogP contribution >= 0.6 is 0 Å². The largest absolute Gasteiger partial charge is 0.311 e. The fourth-order valence-electron chi connectivity index (χ4n) is 4.23. The van der Waals surface area contributed by atoms with Crippen molar-refractivity contribution < 1.29 is 0 Å². The van der Waals surface area contributed by atoms with Crippen LogP contribution in [0.1, 0.15) is 59.8 Å². The molecule has 0 aromatic carbocycles. The van der Waals surface area contributed by atoms with E-state index in [1.54, 1.807) is 0 Å². The number of hydrogen-bond acceptors (Lipinski definition) is 3. The first-order valence-electron chi connectivity index (χ1n) is 9.35. The maximum absolute atomic E-state index is 3.80. The molecule has 2 atom stereocenters. The van der Waals surface area contributed by atoms with Crippen LogP contribution in [0.15, 0.2) is 0 Å². The van der Waals surface area contributed by atoms with Crippen LogP contribution in [-0.2, 0) is 0 Å². The minimum atomic E-state index is 0.710. The summed E-state index contributed by atoms with van der Waals surface area (Å²) in [5.74, 6) is 0.800. The quantitative estimate of drug-likeness (QED) is 0.813. The van der Waals surface area contributed by atoms with Crippen LogP contribution < -0.4 is 5.32 Å². The maximum atomic E-state index is 3.80. The molecule has 2 rings (SSSR count). The Balaban J connectivity index is 1.88. The Labute approximate surface area is 132 Å². The summed E-state index contributed by atoms with van der Waals surface area (Å²) in [6.45, 7) is 15.7. The summed E-state index contributed by atoms with van der Waals surface area (Å²) in [6, 6.07) is 2.30. The molecule has 2 heterocycles. The third kappa shape index (κ3) is 4.94. The van der Waals surface area contributed by atoms with E-state index < -0.39 is 0 Å². The number of likely N-dealkylation sites (tertiary alicyclic amines) is 1. The molecule has 0 aromatic heterocycles. The molecule has 21 heavy (non-hydrogen) atoms. The smallest absolute Gasteiger partial charge is 0.0221 e. The second kappa shape index (κ2) is 8.50. The van der Waals surface area contributed by atoms with Gasteiger partial charge in [-0.15, -0.1) is 0 Å². The van der Waals surface area contributed by atoms with E-state index in [1.807, 2.05) is 0 Å². The normalized spacial score (nSPS) is 30.1. The highest BCUT2D eigenvalue weighted by Crippen LogP contribution is 2.24. The van der Waals surface area contributed by atoms with Crippen molar-refractivity contribution in [2.24, 2.45) is 5.92 Å². The number of hydrogen-bond donors (Lipinski definition) is 1. The summed E-state index contributed by atoms with van der Waals surface area (Å²) < 4.78 is 0. The fraction of sp³-hybridized carbons (Fsp3) is 1.00. The first-order chi connectivity index (χ1) is 10.1. The summed E-state index contributed by atoms with van der Waals surface area (Å²) in [7, 11) is 0. The molecule has 2 fully saturated rings. The Morgan fingerprint density at radius 3 is 2.43 bits per heavy atom. The monoisotopic (exact) mass is 295 g/mol. The van der Waals surface area contributed by atoms with Crippen molar-refractivity contribution in [2.45, 2.75) is 77.9 Å². The Morgan fingerprint density at radius 1 is 1.14 bits per heavy atom. The van der Waals surface area contributed by atoms with Gasteiger partial charge in [0.05, 0.1) is 0 Å². The molecule has 1 N–H and O–H groups in total. The SMILES string of the molecule is CCCN1CCC(N2CC(CC(C)C)NCC2CC)CC1. The summed E-state index contributed by atoms with van der Waals surface area (Å²) in [5.41, 5.74) is 0. The van der Waals surface area contributed by atoms with Gasteiger partial charge >= 0.3 is 0 Å². The first-order valence-corrected chi connectivity index (χ1v) is 9.35. The van der Waals surface area contributed by atoms with Crippen molar-refractivity contribution in [1.29, 1.82) is 0 Å². The molecular weight excluding hydrogens is 258 g/mol. The number of nitrogens with one attached hydrogen (secondary N) is 1. The molecule has 0 saturated carbocycles. The first kappa shape index (κ1) is 17.2. The molecule has 2 unspecified atom stereocenters. The van der Waals surface area contributed by atoms with E-state index >= 15 is 0 Å². The summed E-state index contributed by atoms with van der Waals surface area (Å²) in [5, 5.41) is 3.80. The Hall–Kier alpha value is -0.120. The van der Waals surface area contributed by atoms with E-state index in [4.69, 9.17) is 0 Å². The third-order valence-electron chi connectivity index (χ3n) is 5.34. The van der Waals surface area contributed by atoms with Gasteiger partial charge in [0, 0.05) is 31.2 Å². The van der Waals surface area contributed by atoms with Crippen molar-refractivity contribution in [3.8, 4) is 0 Å². The second-order valence-electron chi connectivity index (χ2n) is 7.57. The maximum Gasteiger partial charge on any atom is 0.0221 e. The van der Waals surface area contributed by atoms with Crippen LogP contribution in [0.4, 0.5) is 0 Å². The van der Waals surface area contributed by atoms with Crippen molar-refractivity contribution >= 4 is 0 Å². The average Bonchev–Trinajstić information content (AvgIpc) is 2.48. The number of rotatable bonds is 6. The van der Waals surface area contributed by atoms with Crippen LogP contribution in [0.25, 0.3) is 0 Å². The van der Waals surface area contributed by atoms with Gasteiger partial charge in [-0.25, -0.2) is 0 Å². The van der Waals surface area contributed by atoms with E-state index in [0.717, 1.165) is 18.0 Å². The molecule has 0 bridgehead atoms. The molecule has 0 radical (unpaired) electrons. The van der Waals surface area contributed by atoms with Gasteiger partial charge < -0.3 is 10.2 Å². The lowest BCUT2D eigenvalue weighted by atomic mass is 9.94. The molecule has 0 aromatic rings. The summed E-state index contributed by atoms with van der Waals surface area (Å²) in [6.07, 6.45) is 6.67. The van der Waals surface area contributed by atoms with E-state index in [1.165, 1.54) is 64.8 Å². The molecule has 3 heteroatoms. The van der Waals surface area contributed by atoms with Crippen LogP contribution in [0.5, 0.6) is 0 Å². The molecule has 0 amide bonds. The van der Waals surface area contributed by atoms with Gasteiger partial charge in [-0.05, 0) is 57.7 Å². The molecular formula is C18H37N3. The van der Waals surface area contributed by atoms with Crippen LogP contribution in [0.2, 0.25) is 0 Å². The van der Waals surface area contributed by atoms with Gasteiger partial charge in [-0.1, -0.05) is 27.7 Å². The topological polar surface area (TPSA) is 18.5 Å². The molecule has 2 aliphatic heterocycles. The average molecular weight is 296 g/mol. The minimum absolute atomic E-state index is 0.710. The Bertz CT molecular complexity index is 284. The lowest BCUT2D eigenvalue weighted by molar-refractivity contribution is 0.0373. The molecule has 2 aliphatic rings.